The van der Waals surface area contributed by atoms with Gasteiger partial charge in [0, 0.05) is 11.8 Å². The fourth-order valence-electron chi connectivity index (χ4n) is 2.96. The number of fused-ring (bicyclic) bond motifs is 2. The summed E-state index contributed by atoms with van der Waals surface area (Å²) < 4.78 is 0. The first-order chi connectivity index (χ1) is 5.05. The predicted molar refractivity (Wildman–Crippen MR) is 44.2 cm³/mol. The van der Waals surface area contributed by atoms with E-state index in [0.29, 0.717) is 29.0 Å². The van der Waals surface area contributed by atoms with Crippen LogP contribution >= 0.6 is 0 Å². The molecule has 0 aliphatic heterocycles. The van der Waals surface area contributed by atoms with E-state index in [2.05, 4.69) is 20.8 Å². The maximum Gasteiger partial charge on any atom is 0.139 e. The van der Waals surface area contributed by atoms with Crippen LogP contribution in [0, 0.1) is 23.2 Å². The van der Waals surface area contributed by atoms with E-state index in [-0.39, 0.29) is 0 Å². The van der Waals surface area contributed by atoms with Crippen molar-refractivity contribution in [1.82, 2.24) is 0 Å². The molecule has 0 saturated heterocycles. The van der Waals surface area contributed by atoms with Crippen LogP contribution in [0.2, 0.25) is 0 Å². The van der Waals surface area contributed by atoms with Gasteiger partial charge in [-0.25, -0.2) is 0 Å². The molecular weight excluding hydrogens is 136 g/mol. The second-order valence-corrected chi connectivity index (χ2v) is 4.75. The molecule has 11 heavy (non-hydrogen) atoms. The fourth-order valence-corrected chi connectivity index (χ4v) is 2.96. The summed E-state index contributed by atoms with van der Waals surface area (Å²) in [6.07, 6.45) is 2.31. The van der Waals surface area contributed by atoms with Crippen molar-refractivity contribution < 1.29 is 4.79 Å². The standard InChI is InChI=1S/C10H16O/c1-6-7-4-5-8(9(7)11)10(6,2)3/h6-8H,4-5H2,1-3H3. The topological polar surface area (TPSA) is 17.1 Å². The lowest BCUT2D eigenvalue weighted by atomic mass is 9.70. The smallest absolute Gasteiger partial charge is 0.139 e. The van der Waals surface area contributed by atoms with Crippen molar-refractivity contribution in [2.24, 2.45) is 23.2 Å². The third kappa shape index (κ3) is 0.692. The van der Waals surface area contributed by atoms with Crippen molar-refractivity contribution in [2.45, 2.75) is 33.6 Å². The Balaban J connectivity index is 2.38. The summed E-state index contributed by atoms with van der Waals surface area (Å²) in [5.41, 5.74) is 0.292. The molecule has 0 spiro atoms. The zero-order valence-corrected chi connectivity index (χ0v) is 7.55. The second kappa shape index (κ2) is 1.88. The van der Waals surface area contributed by atoms with Gasteiger partial charge in [0.15, 0.2) is 0 Å². The van der Waals surface area contributed by atoms with Crippen LogP contribution in [0.4, 0.5) is 0 Å². The molecule has 0 N–H and O–H groups in total. The first-order valence-electron chi connectivity index (χ1n) is 4.59. The minimum Gasteiger partial charge on any atom is -0.299 e. The van der Waals surface area contributed by atoms with E-state index in [1.165, 1.54) is 0 Å². The molecule has 3 atom stereocenters. The van der Waals surface area contributed by atoms with Gasteiger partial charge < -0.3 is 0 Å². The molecule has 2 saturated carbocycles. The first kappa shape index (κ1) is 7.33. The maximum absolute atomic E-state index is 11.6. The van der Waals surface area contributed by atoms with Gasteiger partial charge in [-0.2, -0.15) is 0 Å². The molecule has 2 aliphatic rings. The SMILES string of the molecule is CC1C2CCC(C2=O)C1(C)C. The Morgan fingerprint density at radius 2 is 2.00 bits per heavy atom. The van der Waals surface area contributed by atoms with Crippen molar-refractivity contribution in [3.8, 4) is 0 Å². The van der Waals surface area contributed by atoms with E-state index < -0.39 is 0 Å². The number of carbonyl (C=O) groups excluding carboxylic acids is 1. The van der Waals surface area contributed by atoms with Crippen LogP contribution in [0.5, 0.6) is 0 Å². The summed E-state index contributed by atoms with van der Waals surface area (Å²) >= 11 is 0. The Labute approximate surface area is 68.2 Å². The third-order valence-corrected chi connectivity index (χ3v) is 4.15. The maximum atomic E-state index is 11.6. The summed E-state index contributed by atoms with van der Waals surface area (Å²) in [5.74, 6) is 1.98. The van der Waals surface area contributed by atoms with Crippen molar-refractivity contribution in [2.75, 3.05) is 0 Å². The molecule has 62 valence electrons. The van der Waals surface area contributed by atoms with Gasteiger partial charge in [0.1, 0.15) is 5.78 Å². The zero-order valence-electron chi connectivity index (χ0n) is 7.55. The quantitative estimate of drug-likeness (QED) is 0.520. The lowest BCUT2D eigenvalue weighted by Crippen LogP contribution is -2.28. The molecule has 0 amide bonds. The normalized spacial score (nSPS) is 46.8. The highest BCUT2D eigenvalue weighted by atomic mass is 16.1. The molecule has 0 heterocycles. The van der Waals surface area contributed by atoms with E-state index in [4.69, 9.17) is 0 Å². The first-order valence-corrected chi connectivity index (χ1v) is 4.59. The molecule has 0 aromatic carbocycles. The molecule has 0 radical (unpaired) electrons. The van der Waals surface area contributed by atoms with Crippen LogP contribution in [-0.4, -0.2) is 5.78 Å². The minimum absolute atomic E-state index is 0.292. The summed E-state index contributed by atoms with van der Waals surface area (Å²) in [6, 6.07) is 0. The molecule has 1 heteroatoms. The Hall–Kier alpha value is -0.330. The Kier molecular flexibility index (Phi) is 1.25. The van der Waals surface area contributed by atoms with E-state index in [1.54, 1.807) is 0 Å². The van der Waals surface area contributed by atoms with Crippen molar-refractivity contribution in [3.05, 3.63) is 0 Å². The van der Waals surface area contributed by atoms with E-state index in [0.717, 1.165) is 12.8 Å². The number of rotatable bonds is 0. The van der Waals surface area contributed by atoms with Crippen LogP contribution in [0.3, 0.4) is 0 Å². The van der Waals surface area contributed by atoms with Gasteiger partial charge in [-0.15, -0.1) is 0 Å². The molecule has 0 aromatic rings. The van der Waals surface area contributed by atoms with Gasteiger partial charge in [0.2, 0.25) is 0 Å². The summed E-state index contributed by atoms with van der Waals surface area (Å²) in [6.45, 7) is 6.74. The average molecular weight is 152 g/mol. The van der Waals surface area contributed by atoms with Crippen molar-refractivity contribution in [1.29, 1.82) is 0 Å². The number of Topliss-reactive ketones (excluding diaryl/α,β-unsaturated/α-hetero) is 1. The molecule has 1 nitrogen and oxygen atoms in total. The van der Waals surface area contributed by atoms with Crippen LogP contribution in [0.1, 0.15) is 33.6 Å². The highest BCUT2D eigenvalue weighted by Gasteiger charge is 2.56. The van der Waals surface area contributed by atoms with Gasteiger partial charge in [0.25, 0.3) is 0 Å². The molecule has 3 unspecified atom stereocenters. The summed E-state index contributed by atoms with van der Waals surface area (Å²) in [4.78, 5) is 11.6. The van der Waals surface area contributed by atoms with Crippen molar-refractivity contribution in [3.63, 3.8) is 0 Å². The number of carbonyl (C=O) groups is 1. The number of hydrogen-bond acceptors (Lipinski definition) is 1. The van der Waals surface area contributed by atoms with E-state index in [1.807, 2.05) is 0 Å². The highest BCUT2D eigenvalue weighted by Crippen LogP contribution is 2.56. The van der Waals surface area contributed by atoms with Gasteiger partial charge in [-0.3, -0.25) is 4.79 Å². The third-order valence-electron chi connectivity index (χ3n) is 4.15. The highest BCUT2D eigenvalue weighted by molar-refractivity contribution is 5.89. The zero-order chi connectivity index (χ0) is 8.22. The minimum atomic E-state index is 0.292. The Bertz CT molecular complexity index is 205. The van der Waals surface area contributed by atoms with Gasteiger partial charge in [-0.05, 0) is 24.2 Å². The van der Waals surface area contributed by atoms with E-state index in [9.17, 15) is 4.79 Å². The van der Waals surface area contributed by atoms with Gasteiger partial charge in [-0.1, -0.05) is 20.8 Å². The van der Waals surface area contributed by atoms with Crippen LogP contribution < -0.4 is 0 Å². The largest absolute Gasteiger partial charge is 0.299 e. The van der Waals surface area contributed by atoms with E-state index >= 15 is 0 Å². The summed E-state index contributed by atoms with van der Waals surface area (Å²) in [7, 11) is 0. The lowest BCUT2D eigenvalue weighted by Gasteiger charge is -2.34. The molecule has 0 aromatic heterocycles. The fraction of sp³-hybridized carbons (Fsp3) is 0.900. The molecule has 2 fully saturated rings. The summed E-state index contributed by atoms with van der Waals surface area (Å²) in [5, 5.41) is 0. The average Bonchev–Trinajstić information content (AvgIpc) is 2.34. The number of hydrogen-bond donors (Lipinski definition) is 0. The van der Waals surface area contributed by atoms with Gasteiger partial charge >= 0.3 is 0 Å². The Morgan fingerprint density at radius 1 is 1.36 bits per heavy atom. The molecule has 2 rings (SSSR count). The van der Waals surface area contributed by atoms with Crippen LogP contribution in [0.25, 0.3) is 0 Å². The monoisotopic (exact) mass is 152 g/mol. The number of ketones is 1. The van der Waals surface area contributed by atoms with Crippen LogP contribution in [-0.2, 0) is 4.79 Å². The van der Waals surface area contributed by atoms with Crippen molar-refractivity contribution >= 4 is 5.78 Å². The lowest BCUT2D eigenvalue weighted by molar-refractivity contribution is -0.122. The molecule has 2 aliphatic carbocycles. The van der Waals surface area contributed by atoms with Gasteiger partial charge in [0.05, 0.1) is 0 Å². The molecule has 2 bridgehead atoms. The second-order valence-electron chi connectivity index (χ2n) is 4.75. The Morgan fingerprint density at radius 3 is 2.27 bits per heavy atom. The predicted octanol–water partition coefficient (Wildman–Crippen LogP) is 2.26. The van der Waals surface area contributed by atoms with Crippen LogP contribution in [0.15, 0.2) is 0 Å². The molecular formula is C10H16O.